The molecule has 0 aliphatic rings. The quantitative estimate of drug-likeness (QED) is 0.700. The Hall–Kier alpha value is -2.01. The van der Waals surface area contributed by atoms with Gasteiger partial charge >= 0.3 is 0 Å². The summed E-state index contributed by atoms with van der Waals surface area (Å²) in [7, 11) is 0. The van der Waals surface area contributed by atoms with Gasteiger partial charge in [0, 0.05) is 18.3 Å². The first kappa shape index (κ1) is 13.9. The number of nitrogens with zero attached hydrogens (tertiary/aromatic N) is 2. The molecule has 0 aliphatic carbocycles. The fraction of sp³-hybridized carbons (Fsp3) is 0.188. The maximum absolute atomic E-state index is 13.4. The van der Waals surface area contributed by atoms with Crippen LogP contribution < -0.4 is 4.90 Å². The van der Waals surface area contributed by atoms with Gasteiger partial charge in [0.2, 0.25) is 0 Å². The van der Waals surface area contributed by atoms with Gasteiger partial charge in [-0.05, 0) is 31.2 Å². The Morgan fingerprint density at radius 2 is 1.90 bits per heavy atom. The summed E-state index contributed by atoms with van der Waals surface area (Å²) >= 11 is 1.62. The second kappa shape index (κ2) is 5.77. The van der Waals surface area contributed by atoms with E-state index in [1.54, 1.807) is 17.4 Å². The van der Waals surface area contributed by atoms with Gasteiger partial charge in [0.1, 0.15) is 5.01 Å². The zero-order valence-corrected chi connectivity index (χ0v) is 12.3. The molecule has 0 bridgehead atoms. The van der Waals surface area contributed by atoms with E-state index in [1.807, 2.05) is 36.1 Å². The van der Waals surface area contributed by atoms with Crippen LogP contribution in [0, 0.1) is 11.6 Å². The molecule has 2 nitrogen and oxygen atoms in total. The number of thiazole rings is 1. The lowest BCUT2D eigenvalue weighted by molar-refractivity contribution is 0.508. The number of benzene rings is 2. The number of anilines is 1. The van der Waals surface area contributed by atoms with Crippen LogP contribution in [-0.2, 0) is 6.54 Å². The molecule has 0 aliphatic heterocycles. The Balaban J connectivity index is 1.88. The Bertz CT molecular complexity index is 737. The Morgan fingerprint density at radius 3 is 2.62 bits per heavy atom. The summed E-state index contributed by atoms with van der Waals surface area (Å²) in [6.45, 7) is 3.26. The average Bonchev–Trinajstić information content (AvgIpc) is 2.90. The molecule has 0 spiro atoms. The molecule has 0 atom stereocenters. The van der Waals surface area contributed by atoms with E-state index < -0.39 is 11.6 Å². The smallest absolute Gasteiger partial charge is 0.160 e. The van der Waals surface area contributed by atoms with Gasteiger partial charge in [0.15, 0.2) is 11.6 Å². The van der Waals surface area contributed by atoms with Crippen LogP contribution in [0.3, 0.4) is 0 Å². The molecule has 0 N–H and O–H groups in total. The lowest BCUT2D eigenvalue weighted by atomic mass is 10.2. The third kappa shape index (κ3) is 2.88. The van der Waals surface area contributed by atoms with Crippen LogP contribution in [0.4, 0.5) is 14.5 Å². The van der Waals surface area contributed by atoms with Crippen molar-refractivity contribution < 1.29 is 8.78 Å². The molecule has 3 aromatic rings. The Morgan fingerprint density at radius 1 is 1.10 bits per heavy atom. The lowest BCUT2D eigenvalue weighted by Crippen LogP contribution is -2.22. The van der Waals surface area contributed by atoms with Gasteiger partial charge in [0.05, 0.1) is 16.8 Å². The molecule has 0 unspecified atom stereocenters. The van der Waals surface area contributed by atoms with E-state index in [1.165, 1.54) is 6.07 Å². The van der Waals surface area contributed by atoms with E-state index in [9.17, 15) is 8.78 Å². The van der Waals surface area contributed by atoms with Crippen molar-refractivity contribution in [3.63, 3.8) is 0 Å². The molecular formula is C16H14F2N2S. The summed E-state index contributed by atoms with van der Waals surface area (Å²) in [5.41, 5.74) is 1.63. The Kier molecular flexibility index (Phi) is 3.84. The highest BCUT2D eigenvalue weighted by molar-refractivity contribution is 7.18. The monoisotopic (exact) mass is 304 g/mol. The average molecular weight is 304 g/mol. The SMILES string of the molecule is CCN(Cc1nc2ccccc2s1)c1ccc(F)c(F)c1. The second-order valence-corrected chi connectivity index (χ2v) is 5.80. The van der Waals surface area contributed by atoms with Gasteiger partial charge in [-0.2, -0.15) is 0 Å². The molecule has 3 rings (SSSR count). The first-order chi connectivity index (χ1) is 10.2. The number of aromatic nitrogens is 1. The molecule has 0 saturated carbocycles. The van der Waals surface area contributed by atoms with Crippen molar-refractivity contribution in [3.8, 4) is 0 Å². The predicted octanol–water partition coefficient (Wildman–Crippen LogP) is 4.60. The summed E-state index contributed by atoms with van der Waals surface area (Å²) in [5.74, 6) is -1.65. The fourth-order valence-corrected chi connectivity index (χ4v) is 3.20. The largest absolute Gasteiger partial charge is 0.365 e. The standard InChI is InChI=1S/C16H14F2N2S/c1-2-20(11-7-8-12(17)13(18)9-11)10-16-19-14-5-3-4-6-15(14)21-16/h3-9H,2,10H2,1H3. The van der Waals surface area contributed by atoms with Crippen molar-refractivity contribution in [3.05, 3.63) is 59.1 Å². The van der Waals surface area contributed by atoms with Gasteiger partial charge in [0.25, 0.3) is 0 Å². The fourth-order valence-electron chi connectivity index (χ4n) is 2.22. The van der Waals surface area contributed by atoms with E-state index in [2.05, 4.69) is 4.98 Å². The zero-order valence-electron chi connectivity index (χ0n) is 11.5. The van der Waals surface area contributed by atoms with Crippen molar-refractivity contribution in [2.24, 2.45) is 0 Å². The van der Waals surface area contributed by atoms with Gasteiger partial charge in [-0.15, -0.1) is 11.3 Å². The molecule has 0 saturated heterocycles. The van der Waals surface area contributed by atoms with Crippen LogP contribution >= 0.6 is 11.3 Å². The molecule has 1 aromatic heterocycles. The molecule has 0 radical (unpaired) electrons. The number of hydrogen-bond acceptors (Lipinski definition) is 3. The molecular weight excluding hydrogens is 290 g/mol. The van der Waals surface area contributed by atoms with Crippen LogP contribution in [0.2, 0.25) is 0 Å². The van der Waals surface area contributed by atoms with Crippen molar-refractivity contribution in [1.29, 1.82) is 0 Å². The number of halogens is 2. The van der Waals surface area contributed by atoms with E-state index in [0.717, 1.165) is 21.3 Å². The lowest BCUT2D eigenvalue weighted by Gasteiger charge is -2.21. The predicted molar refractivity (Wildman–Crippen MR) is 82.7 cm³/mol. The minimum absolute atomic E-state index is 0.584. The topological polar surface area (TPSA) is 16.1 Å². The second-order valence-electron chi connectivity index (χ2n) is 4.69. The van der Waals surface area contributed by atoms with E-state index in [4.69, 9.17) is 0 Å². The number of fused-ring (bicyclic) bond motifs is 1. The van der Waals surface area contributed by atoms with Crippen molar-refractivity contribution in [2.45, 2.75) is 13.5 Å². The third-order valence-electron chi connectivity index (χ3n) is 3.31. The minimum atomic E-state index is -0.824. The molecule has 5 heteroatoms. The van der Waals surface area contributed by atoms with Crippen molar-refractivity contribution in [1.82, 2.24) is 4.98 Å². The van der Waals surface area contributed by atoms with Crippen LogP contribution in [-0.4, -0.2) is 11.5 Å². The van der Waals surface area contributed by atoms with E-state index in [0.29, 0.717) is 18.8 Å². The number of hydrogen-bond donors (Lipinski definition) is 0. The molecule has 2 aromatic carbocycles. The van der Waals surface area contributed by atoms with Crippen LogP contribution in [0.15, 0.2) is 42.5 Å². The maximum Gasteiger partial charge on any atom is 0.160 e. The van der Waals surface area contributed by atoms with Gasteiger partial charge in [-0.3, -0.25) is 0 Å². The summed E-state index contributed by atoms with van der Waals surface area (Å²) in [4.78, 5) is 6.55. The summed E-state index contributed by atoms with van der Waals surface area (Å²) < 4.78 is 27.5. The maximum atomic E-state index is 13.4. The molecule has 21 heavy (non-hydrogen) atoms. The van der Waals surface area contributed by atoms with Crippen molar-refractivity contribution in [2.75, 3.05) is 11.4 Å². The van der Waals surface area contributed by atoms with Gasteiger partial charge in [-0.25, -0.2) is 13.8 Å². The normalized spacial score (nSPS) is 11.0. The molecule has 0 fully saturated rings. The Labute approximate surface area is 125 Å². The minimum Gasteiger partial charge on any atom is -0.365 e. The summed E-state index contributed by atoms with van der Waals surface area (Å²) in [6, 6.07) is 11.9. The van der Waals surface area contributed by atoms with Crippen LogP contribution in [0.5, 0.6) is 0 Å². The zero-order chi connectivity index (χ0) is 14.8. The van der Waals surface area contributed by atoms with E-state index in [-0.39, 0.29) is 0 Å². The highest BCUT2D eigenvalue weighted by Crippen LogP contribution is 2.25. The van der Waals surface area contributed by atoms with Gasteiger partial charge in [-0.1, -0.05) is 12.1 Å². The van der Waals surface area contributed by atoms with E-state index >= 15 is 0 Å². The van der Waals surface area contributed by atoms with Crippen molar-refractivity contribution >= 4 is 27.2 Å². The molecule has 1 heterocycles. The third-order valence-corrected chi connectivity index (χ3v) is 4.34. The van der Waals surface area contributed by atoms with Gasteiger partial charge < -0.3 is 4.90 Å². The number of para-hydroxylation sites is 1. The highest BCUT2D eigenvalue weighted by Gasteiger charge is 2.11. The van der Waals surface area contributed by atoms with Crippen LogP contribution in [0.1, 0.15) is 11.9 Å². The highest BCUT2D eigenvalue weighted by atomic mass is 32.1. The van der Waals surface area contributed by atoms with Crippen LogP contribution in [0.25, 0.3) is 10.2 Å². The summed E-state index contributed by atoms with van der Waals surface area (Å²) in [6.07, 6.45) is 0. The number of rotatable bonds is 4. The first-order valence-electron chi connectivity index (χ1n) is 6.72. The molecule has 0 amide bonds. The first-order valence-corrected chi connectivity index (χ1v) is 7.53. The molecule has 108 valence electrons. The summed E-state index contributed by atoms with van der Waals surface area (Å²) in [5, 5.41) is 0.961.